The van der Waals surface area contributed by atoms with E-state index in [1.807, 2.05) is 0 Å². The molecule has 0 saturated carbocycles. The molecule has 0 aromatic carbocycles. The van der Waals surface area contributed by atoms with Crippen LogP contribution in [0.1, 0.15) is 44.9 Å². The average Bonchev–Trinajstić information content (AvgIpc) is 2.31. The zero-order valence-electron chi connectivity index (χ0n) is 11.4. The van der Waals surface area contributed by atoms with Crippen LogP contribution in [0, 0.1) is 0 Å². The SMILES string of the molecule is NC1CCN(CC(=O)N2CCCCCCC2)CC1. The molecule has 18 heavy (non-hydrogen) atoms. The molecule has 2 aliphatic rings. The zero-order chi connectivity index (χ0) is 12.8. The molecule has 0 aromatic rings. The molecule has 0 aromatic heterocycles. The van der Waals surface area contributed by atoms with Crippen molar-refractivity contribution in [1.29, 1.82) is 0 Å². The van der Waals surface area contributed by atoms with Gasteiger partial charge in [-0.3, -0.25) is 9.69 Å². The molecule has 0 atom stereocenters. The van der Waals surface area contributed by atoms with Gasteiger partial charge < -0.3 is 10.6 Å². The predicted octanol–water partition coefficient (Wildman–Crippen LogP) is 1.20. The van der Waals surface area contributed by atoms with E-state index < -0.39 is 0 Å². The second-order valence-electron chi connectivity index (χ2n) is 5.76. The van der Waals surface area contributed by atoms with E-state index in [4.69, 9.17) is 5.73 Å². The van der Waals surface area contributed by atoms with Crippen LogP contribution in [0.15, 0.2) is 0 Å². The lowest BCUT2D eigenvalue weighted by molar-refractivity contribution is -0.133. The van der Waals surface area contributed by atoms with Gasteiger partial charge in [0, 0.05) is 32.2 Å². The maximum atomic E-state index is 12.3. The number of amides is 1. The summed E-state index contributed by atoms with van der Waals surface area (Å²) in [5.41, 5.74) is 5.89. The first-order chi connectivity index (χ1) is 8.75. The number of hydrogen-bond acceptors (Lipinski definition) is 3. The van der Waals surface area contributed by atoms with E-state index in [1.54, 1.807) is 0 Å². The van der Waals surface area contributed by atoms with Crippen molar-refractivity contribution in [1.82, 2.24) is 9.80 Å². The smallest absolute Gasteiger partial charge is 0.236 e. The van der Waals surface area contributed by atoms with Gasteiger partial charge in [0.25, 0.3) is 0 Å². The van der Waals surface area contributed by atoms with Crippen LogP contribution < -0.4 is 5.73 Å². The van der Waals surface area contributed by atoms with Crippen molar-refractivity contribution in [2.24, 2.45) is 5.73 Å². The molecule has 2 heterocycles. The fourth-order valence-electron chi connectivity index (χ4n) is 2.90. The normalized spacial score (nSPS) is 24.6. The van der Waals surface area contributed by atoms with Crippen LogP contribution in [0.25, 0.3) is 0 Å². The van der Waals surface area contributed by atoms with Crippen molar-refractivity contribution in [3.8, 4) is 0 Å². The van der Waals surface area contributed by atoms with E-state index >= 15 is 0 Å². The standard InChI is InChI=1S/C14H27N3O/c15-13-6-10-16(11-7-13)12-14(18)17-8-4-2-1-3-5-9-17/h13H,1-12,15H2. The average molecular weight is 253 g/mol. The molecule has 0 bridgehead atoms. The third-order valence-corrected chi connectivity index (χ3v) is 4.20. The number of rotatable bonds is 2. The molecule has 1 amide bonds. The molecule has 4 heteroatoms. The second kappa shape index (κ2) is 7.10. The Morgan fingerprint density at radius 3 is 2.11 bits per heavy atom. The molecule has 2 aliphatic heterocycles. The zero-order valence-corrected chi connectivity index (χ0v) is 11.4. The molecule has 2 rings (SSSR count). The van der Waals surface area contributed by atoms with Crippen molar-refractivity contribution in [2.75, 3.05) is 32.7 Å². The van der Waals surface area contributed by atoms with Crippen LogP contribution in [-0.4, -0.2) is 54.5 Å². The molecule has 2 saturated heterocycles. The molecule has 0 radical (unpaired) electrons. The molecule has 4 nitrogen and oxygen atoms in total. The number of carbonyl (C=O) groups excluding carboxylic acids is 1. The molecule has 2 N–H and O–H groups in total. The summed E-state index contributed by atoms with van der Waals surface area (Å²) in [6.45, 7) is 4.51. The number of likely N-dealkylation sites (tertiary alicyclic amines) is 2. The number of nitrogens with two attached hydrogens (primary N) is 1. The minimum Gasteiger partial charge on any atom is -0.342 e. The maximum Gasteiger partial charge on any atom is 0.236 e. The Hall–Kier alpha value is -0.610. The number of hydrogen-bond donors (Lipinski definition) is 1. The fraction of sp³-hybridized carbons (Fsp3) is 0.929. The van der Waals surface area contributed by atoms with Crippen LogP contribution in [0.2, 0.25) is 0 Å². The Labute approximate surface area is 110 Å². The fourth-order valence-corrected chi connectivity index (χ4v) is 2.90. The largest absolute Gasteiger partial charge is 0.342 e. The molecular formula is C14H27N3O. The van der Waals surface area contributed by atoms with Crippen LogP contribution in [0.4, 0.5) is 0 Å². The summed E-state index contributed by atoms with van der Waals surface area (Å²) in [6, 6.07) is 0.345. The van der Waals surface area contributed by atoms with Crippen molar-refractivity contribution in [2.45, 2.75) is 51.0 Å². The lowest BCUT2D eigenvalue weighted by atomic mass is 10.1. The van der Waals surface area contributed by atoms with Crippen molar-refractivity contribution < 1.29 is 4.79 Å². The lowest BCUT2D eigenvalue weighted by Crippen LogP contribution is -2.46. The highest BCUT2D eigenvalue weighted by atomic mass is 16.2. The highest BCUT2D eigenvalue weighted by molar-refractivity contribution is 5.78. The van der Waals surface area contributed by atoms with E-state index in [0.29, 0.717) is 18.5 Å². The molecule has 0 aliphatic carbocycles. The lowest BCUT2D eigenvalue weighted by Gasteiger charge is -2.32. The van der Waals surface area contributed by atoms with E-state index in [9.17, 15) is 4.79 Å². The summed E-state index contributed by atoms with van der Waals surface area (Å²) in [5.74, 6) is 0.326. The number of piperidine rings is 1. The Bertz CT molecular complexity index is 254. The Balaban J connectivity index is 1.75. The van der Waals surface area contributed by atoms with E-state index in [-0.39, 0.29) is 0 Å². The van der Waals surface area contributed by atoms with Gasteiger partial charge >= 0.3 is 0 Å². The first kappa shape index (κ1) is 13.8. The van der Waals surface area contributed by atoms with Gasteiger partial charge in [-0.15, -0.1) is 0 Å². The van der Waals surface area contributed by atoms with Crippen LogP contribution in [-0.2, 0) is 4.79 Å². The highest BCUT2D eigenvalue weighted by Crippen LogP contribution is 2.12. The van der Waals surface area contributed by atoms with Gasteiger partial charge in [-0.25, -0.2) is 0 Å². The number of carbonyl (C=O) groups is 1. The summed E-state index contributed by atoms with van der Waals surface area (Å²) < 4.78 is 0. The minimum absolute atomic E-state index is 0.326. The first-order valence-electron chi connectivity index (χ1n) is 7.51. The van der Waals surface area contributed by atoms with Gasteiger partial charge in [0.15, 0.2) is 0 Å². The molecule has 0 unspecified atom stereocenters. The van der Waals surface area contributed by atoms with E-state index in [0.717, 1.165) is 39.0 Å². The predicted molar refractivity (Wildman–Crippen MR) is 73.3 cm³/mol. The van der Waals surface area contributed by atoms with Crippen molar-refractivity contribution >= 4 is 5.91 Å². The maximum absolute atomic E-state index is 12.3. The van der Waals surface area contributed by atoms with Crippen molar-refractivity contribution in [3.63, 3.8) is 0 Å². The quantitative estimate of drug-likeness (QED) is 0.804. The molecule has 104 valence electrons. The third kappa shape index (κ3) is 4.25. The summed E-state index contributed by atoms with van der Waals surface area (Å²) in [6.07, 6.45) is 8.32. The Kier molecular flexibility index (Phi) is 5.45. The van der Waals surface area contributed by atoms with Crippen molar-refractivity contribution in [3.05, 3.63) is 0 Å². The molecular weight excluding hydrogens is 226 g/mol. The van der Waals surface area contributed by atoms with E-state index in [2.05, 4.69) is 9.80 Å². The van der Waals surface area contributed by atoms with Gasteiger partial charge in [-0.05, 0) is 25.7 Å². The van der Waals surface area contributed by atoms with Gasteiger partial charge in [0.2, 0.25) is 5.91 Å². The monoisotopic (exact) mass is 253 g/mol. The van der Waals surface area contributed by atoms with Gasteiger partial charge in [-0.1, -0.05) is 19.3 Å². The molecule has 0 spiro atoms. The second-order valence-corrected chi connectivity index (χ2v) is 5.76. The first-order valence-corrected chi connectivity index (χ1v) is 7.51. The van der Waals surface area contributed by atoms with Gasteiger partial charge in [-0.2, -0.15) is 0 Å². The summed E-state index contributed by atoms with van der Waals surface area (Å²) in [4.78, 5) is 16.6. The van der Waals surface area contributed by atoms with Crippen LogP contribution >= 0.6 is 0 Å². The van der Waals surface area contributed by atoms with Gasteiger partial charge in [0.1, 0.15) is 0 Å². The van der Waals surface area contributed by atoms with Gasteiger partial charge in [0.05, 0.1) is 6.54 Å². The number of nitrogens with zero attached hydrogens (tertiary/aromatic N) is 2. The third-order valence-electron chi connectivity index (χ3n) is 4.20. The highest BCUT2D eigenvalue weighted by Gasteiger charge is 2.21. The Morgan fingerprint density at radius 1 is 0.944 bits per heavy atom. The van der Waals surface area contributed by atoms with Crippen LogP contribution in [0.3, 0.4) is 0 Å². The topological polar surface area (TPSA) is 49.6 Å². The van der Waals surface area contributed by atoms with E-state index in [1.165, 1.54) is 32.1 Å². The molecule has 2 fully saturated rings. The van der Waals surface area contributed by atoms with Crippen LogP contribution in [0.5, 0.6) is 0 Å². The summed E-state index contributed by atoms with van der Waals surface area (Å²) in [7, 11) is 0. The minimum atomic E-state index is 0.326. The summed E-state index contributed by atoms with van der Waals surface area (Å²) >= 11 is 0. The summed E-state index contributed by atoms with van der Waals surface area (Å²) in [5, 5.41) is 0. The Morgan fingerprint density at radius 2 is 1.50 bits per heavy atom.